The molecule has 0 aliphatic heterocycles. The van der Waals surface area contributed by atoms with Crippen LogP contribution in [0.4, 0.5) is 5.69 Å². The Morgan fingerprint density at radius 2 is 1.76 bits per heavy atom. The predicted octanol–water partition coefficient (Wildman–Crippen LogP) is 5.94. The van der Waals surface area contributed by atoms with Gasteiger partial charge in [-0.2, -0.15) is 0 Å². The van der Waals surface area contributed by atoms with E-state index in [-0.39, 0.29) is 5.75 Å². The SMILES string of the molecule is Cc1ccc(-n2cnc3cc(N=Cc4c(O)ccc5ccccc45)ccc32)cc1. The van der Waals surface area contributed by atoms with E-state index >= 15 is 0 Å². The van der Waals surface area contributed by atoms with E-state index in [1.165, 1.54) is 5.56 Å². The van der Waals surface area contributed by atoms with E-state index in [2.05, 4.69) is 45.7 Å². The van der Waals surface area contributed by atoms with E-state index in [1.54, 1.807) is 12.3 Å². The molecule has 0 saturated carbocycles. The number of aryl methyl sites for hydroxylation is 1. The van der Waals surface area contributed by atoms with Crippen molar-refractivity contribution in [3.8, 4) is 11.4 Å². The summed E-state index contributed by atoms with van der Waals surface area (Å²) in [5, 5.41) is 12.3. The molecule has 140 valence electrons. The molecule has 0 unspecified atom stereocenters. The summed E-state index contributed by atoms with van der Waals surface area (Å²) in [7, 11) is 0. The van der Waals surface area contributed by atoms with Gasteiger partial charge in [0.25, 0.3) is 0 Å². The number of hydrogen-bond donors (Lipinski definition) is 1. The molecule has 4 nitrogen and oxygen atoms in total. The van der Waals surface area contributed by atoms with E-state index < -0.39 is 0 Å². The van der Waals surface area contributed by atoms with Crippen LogP contribution in [0, 0.1) is 6.92 Å². The average Bonchev–Trinajstić information content (AvgIpc) is 3.17. The molecule has 0 spiro atoms. The second-order valence-electron chi connectivity index (χ2n) is 7.10. The Balaban J connectivity index is 1.52. The zero-order valence-corrected chi connectivity index (χ0v) is 15.9. The Morgan fingerprint density at radius 1 is 0.931 bits per heavy atom. The predicted molar refractivity (Wildman–Crippen MR) is 119 cm³/mol. The number of benzene rings is 4. The molecule has 29 heavy (non-hydrogen) atoms. The number of nitrogens with zero attached hydrogens (tertiary/aromatic N) is 3. The summed E-state index contributed by atoms with van der Waals surface area (Å²) in [6.07, 6.45) is 3.55. The number of imidazole rings is 1. The van der Waals surface area contributed by atoms with Gasteiger partial charge in [-0.25, -0.2) is 4.98 Å². The third-order valence-corrected chi connectivity index (χ3v) is 5.13. The van der Waals surface area contributed by atoms with Crippen molar-refractivity contribution in [1.82, 2.24) is 9.55 Å². The highest BCUT2D eigenvalue weighted by atomic mass is 16.3. The first-order valence-corrected chi connectivity index (χ1v) is 9.48. The Labute approximate surface area is 168 Å². The second-order valence-corrected chi connectivity index (χ2v) is 7.10. The summed E-state index contributed by atoms with van der Waals surface area (Å²) in [6, 6.07) is 25.9. The monoisotopic (exact) mass is 377 g/mol. The number of aromatic nitrogens is 2. The van der Waals surface area contributed by atoms with Crippen LogP contribution in [0.15, 0.2) is 90.2 Å². The maximum atomic E-state index is 10.3. The van der Waals surface area contributed by atoms with Gasteiger partial charge >= 0.3 is 0 Å². The number of rotatable bonds is 3. The van der Waals surface area contributed by atoms with Crippen molar-refractivity contribution in [2.24, 2.45) is 4.99 Å². The highest BCUT2D eigenvalue weighted by Gasteiger charge is 2.07. The van der Waals surface area contributed by atoms with Crippen LogP contribution in [0.5, 0.6) is 5.75 Å². The van der Waals surface area contributed by atoms with Gasteiger partial charge in [-0.05, 0) is 54.1 Å². The molecule has 0 aliphatic rings. The minimum Gasteiger partial charge on any atom is -0.507 e. The maximum absolute atomic E-state index is 10.3. The van der Waals surface area contributed by atoms with Crippen LogP contribution in [0.1, 0.15) is 11.1 Å². The molecule has 0 atom stereocenters. The first-order chi connectivity index (χ1) is 14.2. The van der Waals surface area contributed by atoms with Crippen molar-refractivity contribution >= 4 is 33.7 Å². The fourth-order valence-electron chi connectivity index (χ4n) is 3.55. The molecule has 0 amide bonds. The van der Waals surface area contributed by atoms with Crippen LogP contribution in [0.25, 0.3) is 27.5 Å². The number of phenolic OH excluding ortho intramolecular Hbond substituents is 1. The van der Waals surface area contributed by atoms with Gasteiger partial charge < -0.3 is 5.11 Å². The molecule has 0 bridgehead atoms. The topological polar surface area (TPSA) is 50.4 Å². The average molecular weight is 377 g/mol. The number of aliphatic imine (C=N–C) groups is 1. The lowest BCUT2D eigenvalue weighted by Gasteiger charge is -2.05. The molecule has 1 aromatic heterocycles. The lowest BCUT2D eigenvalue weighted by molar-refractivity contribution is 0.475. The smallest absolute Gasteiger partial charge is 0.124 e. The molecule has 5 rings (SSSR count). The van der Waals surface area contributed by atoms with Crippen molar-refractivity contribution in [2.45, 2.75) is 6.92 Å². The largest absolute Gasteiger partial charge is 0.507 e. The molecule has 5 aromatic rings. The van der Waals surface area contributed by atoms with Gasteiger partial charge in [0.15, 0.2) is 0 Å². The summed E-state index contributed by atoms with van der Waals surface area (Å²) in [4.78, 5) is 9.14. The molecule has 1 heterocycles. The van der Waals surface area contributed by atoms with E-state index in [9.17, 15) is 5.11 Å². The first-order valence-electron chi connectivity index (χ1n) is 9.48. The standard InChI is InChI=1S/C25H19N3O/c1-17-6-10-20(11-7-17)28-16-27-23-14-19(9-12-24(23)28)26-15-22-21-5-3-2-4-18(21)8-13-25(22)29/h2-16,29H,1H3. The number of hydrogen-bond acceptors (Lipinski definition) is 3. The maximum Gasteiger partial charge on any atom is 0.124 e. The normalized spacial score (nSPS) is 11.6. The summed E-state index contributed by atoms with van der Waals surface area (Å²) < 4.78 is 2.07. The zero-order valence-electron chi connectivity index (χ0n) is 15.9. The second kappa shape index (κ2) is 6.91. The van der Waals surface area contributed by atoms with Crippen LogP contribution in [-0.4, -0.2) is 20.9 Å². The fourth-order valence-corrected chi connectivity index (χ4v) is 3.55. The summed E-state index contributed by atoms with van der Waals surface area (Å²) in [5.74, 6) is 0.220. The number of aromatic hydroxyl groups is 1. The van der Waals surface area contributed by atoms with Crippen LogP contribution >= 0.6 is 0 Å². The van der Waals surface area contributed by atoms with Crippen molar-refractivity contribution < 1.29 is 5.11 Å². The van der Waals surface area contributed by atoms with Crippen LogP contribution < -0.4 is 0 Å². The van der Waals surface area contributed by atoms with E-state index in [1.807, 2.05) is 54.9 Å². The Kier molecular flexibility index (Phi) is 4.10. The van der Waals surface area contributed by atoms with Crippen molar-refractivity contribution in [3.63, 3.8) is 0 Å². The zero-order chi connectivity index (χ0) is 19.8. The summed E-state index contributed by atoms with van der Waals surface area (Å²) in [6.45, 7) is 2.08. The fraction of sp³-hybridized carbons (Fsp3) is 0.0400. The molecule has 4 heteroatoms. The van der Waals surface area contributed by atoms with E-state index in [4.69, 9.17) is 0 Å². The quantitative estimate of drug-likeness (QED) is 0.395. The van der Waals surface area contributed by atoms with Crippen molar-refractivity contribution in [2.75, 3.05) is 0 Å². The minimum atomic E-state index is 0.220. The van der Waals surface area contributed by atoms with Gasteiger partial charge in [0.2, 0.25) is 0 Å². The van der Waals surface area contributed by atoms with Gasteiger partial charge in [-0.15, -0.1) is 0 Å². The molecule has 0 aliphatic carbocycles. The van der Waals surface area contributed by atoms with Crippen LogP contribution in [0.2, 0.25) is 0 Å². The molecule has 4 aromatic carbocycles. The van der Waals surface area contributed by atoms with Gasteiger partial charge in [0.05, 0.1) is 16.7 Å². The van der Waals surface area contributed by atoms with Gasteiger partial charge in [-0.1, -0.05) is 48.0 Å². The third kappa shape index (κ3) is 3.15. The molecule has 0 fully saturated rings. The Bertz CT molecular complexity index is 1360. The first kappa shape index (κ1) is 17.2. The molecular weight excluding hydrogens is 358 g/mol. The van der Waals surface area contributed by atoms with Crippen LogP contribution in [-0.2, 0) is 0 Å². The molecule has 0 saturated heterocycles. The van der Waals surface area contributed by atoms with Crippen molar-refractivity contribution in [3.05, 3.63) is 96.3 Å². The molecule has 1 N–H and O–H groups in total. The minimum absolute atomic E-state index is 0.220. The van der Waals surface area contributed by atoms with Gasteiger partial charge in [-0.3, -0.25) is 9.56 Å². The highest BCUT2D eigenvalue weighted by Crippen LogP contribution is 2.27. The highest BCUT2D eigenvalue weighted by molar-refractivity contribution is 6.03. The number of phenols is 1. The van der Waals surface area contributed by atoms with Crippen LogP contribution in [0.3, 0.4) is 0 Å². The van der Waals surface area contributed by atoms with Crippen molar-refractivity contribution in [1.29, 1.82) is 0 Å². The van der Waals surface area contributed by atoms with Gasteiger partial charge in [0, 0.05) is 17.5 Å². The van der Waals surface area contributed by atoms with Gasteiger partial charge in [0.1, 0.15) is 12.1 Å². The summed E-state index contributed by atoms with van der Waals surface area (Å²) >= 11 is 0. The lowest BCUT2D eigenvalue weighted by Crippen LogP contribution is -1.91. The number of fused-ring (bicyclic) bond motifs is 2. The summed E-state index contributed by atoms with van der Waals surface area (Å²) in [5.41, 5.74) is 5.72. The lowest BCUT2D eigenvalue weighted by atomic mass is 10.0. The Morgan fingerprint density at radius 3 is 2.62 bits per heavy atom. The molecule has 0 radical (unpaired) electrons. The Hall–Kier alpha value is -3.92. The van der Waals surface area contributed by atoms with E-state index in [0.29, 0.717) is 5.56 Å². The third-order valence-electron chi connectivity index (χ3n) is 5.13. The molecular formula is C25H19N3O. The van der Waals surface area contributed by atoms with E-state index in [0.717, 1.165) is 33.2 Å².